The van der Waals surface area contributed by atoms with Crippen LogP contribution in [0.5, 0.6) is 0 Å². The monoisotopic (exact) mass is 287 g/mol. The van der Waals surface area contributed by atoms with Crippen molar-refractivity contribution in [1.82, 2.24) is 4.31 Å². The highest BCUT2D eigenvalue weighted by atomic mass is 32.2. The fraction of sp³-hybridized carbons (Fsp3) is 0.692. The van der Waals surface area contributed by atoms with E-state index in [1.165, 1.54) is 4.31 Å². The van der Waals surface area contributed by atoms with E-state index in [4.69, 9.17) is 4.42 Å². The molecule has 0 spiro atoms. The van der Waals surface area contributed by atoms with Gasteiger partial charge >= 0.3 is 0 Å². The number of nitrogens with zero attached hydrogens (tertiary/aromatic N) is 1. The van der Waals surface area contributed by atoms with Crippen molar-refractivity contribution in [3.05, 3.63) is 17.1 Å². The summed E-state index contributed by atoms with van der Waals surface area (Å²) in [5, 5.41) is 9.38. The minimum absolute atomic E-state index is 0.148. The van der Waals surface area contributed by atoms with Gasteiger partial charge in [-0.3, -0.25) is 0 Å². The molecule has 0 radical (unpaired) electrons. The standard InChI is InChI=1S/C13H21NO4S/c1-4-14(7-11-5-6-11)19(16,17)13-10(3)18-9(2)12(13)8-15/h11,15H,4-8H2,1-3H3. The molecule has 1 aromatic rings. The Morgan fingerprint density at radius 3 is 2.42 bits per heavy atom. The lowest BCUT2D eigenvalue weighted by molar-refractivity contribution is 0.276. The molecule has 2 rings (SSSR count). The molecular formula is C13H21NO4S. The molecule has 1 N–H and O–H groups in total. The minimum atomic E-state index is -3.58. The van der Waals surface area contributed by atoms with Crippen LogP contribution in [0.15, 0.2) is 9.31 Å². The third kappa shape index (κ3) is 2.70. The summed E-state index contributed by atoms with van der Waals surface area (Å²) < 4.78 is 32.3. The molecule has 1 aromatic heterocycles. The van der Waals surface area contributed by atoms with Crippen molar-refractivity contribution < 1.29 is 17.9 Å². The second kappa shape index (κ2) is 5.26. The summed E-state index contributed by atoms with van der Waals surface area (Å²) in [6, 6.07) is 0. The topological polar surface area (TPSA) is 70.8 Å². The number of aryl methyl sites for hydroxylation is 2. The van der Waals surface area contributed by atoms with Crippen molar-refractivity contribution in [3.8, 4) is 0 Å². The maximum Gasteiger partial charge on any atom is 0.246 e. The lowest BCUT2D eigenvalue weighted by atomic mass is 10.2. The number of aliphatic hydroxyl groups excluding tert-OH is 1. The number of sulfonamides is 1. The van der Waals surface area contributed by atoms with Crippen LogP contribution in [-0.2, 0) is 16.6 Å². The maximum absolute atomic E-state index is 12.7. The summed E-state index contributed by atoms with van der Waals surface area (Å²) in [6.07, 6.45) is 2.20. The van der Waals surface area contributed by atoms with Gasteiger partial charge in [0.25, 0.3) is 0 Å². The zero-order valence-electron chi connectivity index (χ0n) is 11.6. The van der Waals surface area contributed by atoms with Gasteiger partial charge in [0.2, 0.25) is 10.0 Å². The van der Waals surface area contributed by atoms with Gasteiger partial charge in [0.1, 0.15) is 16.4 Å². The highest BCUT2D eigenvalue weighted by molar-refractivity contribution is 7.89. The first-order chi connectivity index (χ1) is 8.91. The van der Waals surface area contributed by atoms with Gasteiger partial charge in [-0.15, -0.1) is 0 Å². The maximum atomic E-state index is 12.7. The summed E-state index contributed by atoms with van der Waals surface area (Å²) in [6.45, 7) is 5.82. The minimum Gasteiger partial charge on any atom is -0.465 e. The Bertz CT molecular complexity index is 557. The Morgan fingerprint density at radius 1 is 1.32 bits per heavy atom. The van der Waals surface area contributed by atoms with E-state index < -0.39 is 10.0 Å². The van der Waals surface area contributed by atoms with Gasteiger partial charge in [-0.25, -0.2) is 8.42 Å². The predicted octanol–water partition coefficient (Wildman–Crippen LogP) is 1.81. The smallest absolute Gasteiger partial charge is 0.246 e. The molecule has 0 saturated heterocycles. The zero-order valence-corrected chi connectivity index (χ0v) is 12.5. The van der Waals surface area contributed by atoms with Crippen molar-refractivity contribution in [2.24, 2.45) is 5.92 Å². The molecule has 0 amide bonds. The lowest BCUT2D eigenvalue weighted by Gasteiger charge is -2.20. The second-order valence-electron chi connectivity index (χ2n) is 5.08. The Morgan fingerprint density at radius 2 is 1.95 bits per heavy atom. The first kappa shape index (κ1) is 14.6. The van der Waals surface area contributed by atoms with E-state index >= 15 is 0 Å². The Balaban J connectivity index is 2.42. The number of hydrogen-bond acceptors (Lipinski definition) is 4. The predicted molar refractivity (Wildman–Crippen MR) is 71.3 cm³/mol. The van der Waals surface area contributed by atoms with Crippen LogP contribution in [0.2, 0.25) is 0 Å². The number of aliphatic hydroxyl groups is 1. The van der Waals surface area contributed by atoms with E-state index in [9.17, 15) is 13.5 Å². The molecule has 1 aliphatic rings. The molecule has 1 saturated carbocycles. The quantitative estimate of drug-likeness (QED) is 0.866. The molecule has 0 bridgehead atoms. The van der Waals surface area contributed by atoms with Gasteiger partial charge in [-0.1, -0.05) is 6.92 Å². The fourth-order valence-corrected chi connectivity index (χ4v) is 4.27. The highest BCUT2D eigenvalue weighted by Crippen LogP contribution is 2.34. The number of hydrogen-bond donors (Lipinski definition) is 1. The van der Waals surface area contributed by atoms with Gasteiger partial charge in [0.15, 0.2) is 0 Å². The number of rotatable bonds is 6. The molecule has 108 valence electrons. The Kier molecular flexibility index (Phi) is 4.03. The van der Waals surface area contributed by atoms with E-state index in [2.05, 4.69) is 0 Å². The molecule has 1 aliphatic carbocycles. The van der Waals surface area contributed by atoms with Crippen LogP contribution in [0.25, 0.3) is 0 Å². The summed E-state index contributed by atoms with van der Waals surface area (Å²) in [4.78, 5) is 0.148. The Labute approximate surface area is 114 Å². The molecule has 1 fully saturated rings. The van der Waals surface area contributed by atoms with Gasteiger partial charge in [-0.05, 0) is 32.6 Å². The average molecular weight is 287 g/mol. The van der Waals surface area contributed by atoms with Crippen LogP contribution in [0.1, 0.15) is 36.8 Å². The van der Waals surface area contributed by atoms with Crippen LogP contribution < -0.4 is 0 Å². The van der Waals surface area contributed by atoms with Gasteiger partial charge < -0.3 is 9.52 Å². The Hall–Kier alpha value is -0.850. The summed E-state index contributed by atoms with van der Waals surface area (Å²) in [7, 11) is -3.58. The molecule has 0 atom stereocenters. The normalized spacial score (nSPS) is 16.3. The molecule has 5 nitrogen and oxygen atoms in total. The second-order valence-corrected chi connectivity index (χ2v) is 6.95. The van der Waals surface area contributed by atoms with Gasteiger partial charge in [-0.2, -0.15) is 4.31 Å². The van der Waals surface area contributed by atoms with Crippen molar-refractivity contribution in [3.63, 3.8) is 0 Å². The van der Waals surface area contributed by atoms with Crippen LogP contribution in [0.4, 0.5) is 0 Å². The average Bonchev–Trinajstić information content (AvgIpc) is 3.10. The summed E-state index contributed by atoms with van der Waals surface area (Å²) >= 11 is 0. The van der Waals surface area contributed by atoms with E-state index in [1.54, 1.807) is 13.8 Å². The van der Waals surface area contributed by atoms with E-state index in [1.807, 2.05) is 6.92 Å². The largest absolute Gasteiger partial charge is 0.465 e. The SMILES string of the molecule is CCN(CC1CC1)S(=O)(=O)c1c(C)oc(C)c1CO. The summed E-state index contributed by atoms with van der Waals surface area (Å²) in [5.74, 6) is 1.32. The summed E-state index contributed by atoms with van der Waals surface area (Å²) in [5.41, 5.74) is 0.381. The molecule has 0 unspecified atom stereocenters. The van der Waals surface area contributed by atoms with Crippen molar-refractivity contribution in [2.45, 2.75) is 45.1 Å². The number of furan rings is 1. The van der Waals surface area contributed by atoms with Crippen LogP contribution in [0, 0.1) is 19.8 Å². The first-order valence-electron chi connectivity index (χ1n) is 6.61. The van der Waals surface area contributed by atoms with E-state index in [-0.39, 0.29) is 11.5 Å². The highest BCUT2D eigenvalue weighted by Gasteiger charge is 2.34. The van der Waals surface area contributed by atoms with Crippen LogP contribution in [-0.4, -0.2) is 30.9 Å². The van der Waals surface area contributed by atoms with Crippen molar-refractivity contribution in [1.29, 1.82) is 0 Å². The molecule has 6 heteroatoms. The lowest BCUT2D eigenvalue weighted by Crippen LogP contribution is -2.33. The molecule has 0 aromatic carbocycles. The first-order valence-corrected chi connectivity index (χ1v) is 8.05. The molecule has 19 heavy (non-hydrogen) atoms. The molecular weight excluding hydrogens is 266 g/mol. The van der Waals surface area contributed by atoms with Crippen LogP contribution in [0.3, 0.4) is 0 Å². The molecule has 1 heterocycles. The fourth-order valence-electron chi connectivity index (χ4n) is 2.35. The van der Waals surface area contributed by atoms with E-state index in [0.717, 1.165) is 12.8 Å². The van der Waals surface area contributed by atoms with Crippen LogP contribution >= 0.6 is 0 Å². The zero-order chi connectivity index (χ0) is 14.2. The molecule has 0 aliphatic heterocycles. The third-order valence-electron chi connectivity index (χ3n) is 3.59. The van der Waals surface area contributed by atoms with Crippen molar-refractivity contribution >= 4 is 10.0 Å². The van der Waals surface area contributed by atoms with Gasteiger partial charge in [0, 0.05) is 18.7 Å². The van der Waals surface area contributed by atoms with Gasteiger partial charge in [0.05, 0.1) is 6.61 Å². The van der Waals surface area contributed by atoms with E-state index in [0.29, 0.717) is 36.1 Å². The van der Waals surface area contributed by atoms with Crippen molar-refractivity contribution in [2.75, 3.05) is 13.1 Å². The third-order valence-corrected chi connectivity index (χ3v) is 5.73.